The Morgan fingerprint density at radius 1 is 1.25 bits per heavy atom. The van der Waals surface area contributed by atoms with Gasteiger partial charge in [-0.3, -0.25) is 9.69 Å². The van der Waals surface area contributed by atoms with Crippen molar-refractivity contribution in [2.45, 2.75) is 13.0 Å². The zero-order valence-corrected chi connectivity index (χ0v) is 11.5. The van der Waals surface area contributed by atoms with Gasteiger partial charge in [-0.2, -0.15) is 0 Å². The van der Waals surface area contributed by atoms with Crippen molar-refractivity contribution in [1.29, 1.82) is 0 Å². The van der Waals surface area contributed by atoms with Crippen LogP contribution >= 0.6 is 0 Å². The molecule has 1 aliphatic heterocycles. The Kier molecular flexibility index (Phi) is 5.41. The minimum absolute atomic E-state index is 0.146. The van der Waals surface area contributed by atoms with Gasteiger partial charge < -0.3 is 4.90 Å². The lowest BCUT2D eigenvalue weighted by molar-refractivity contribution is -0.131. The number of rotatable bonds is 5. The average molecular weight is 273 g/mol. The Bertz CT molecular complexity index is 484. The summed E-state index contributed by atoms with van der Waals surface area (Å²) in [5.41, 5.74) is 9.43. The van der Waals surface area contributed by atoms with E-state index in [-0.39, 0.29) is 5.91 Å². The van der Waals surface area contributed by atoms with Crippen LogP contribution in [0.15, 0.2) is 35.4 Å². The minimum atomic E-state index is 0.146. The monoisotopic (exact) mass is 273 g/mol. The minimum Gasteiger partial charge on any atom is -0.337 e. The van der Waals surface area contributed by atoms with Crippen molar-refractivity contribution in [2.24, 2.45) is 5.11 Å². The van der Waals surface area contributed by atoms with Crippen LogP contribution in [0.4, 0.5) is 0 Å². The lowest BCUT2D eigenvalue weighted by atomic mass is 10.2. The second-order valence-electron chi connectivity index (χ2n) is 4.89. The van der Waals surface area contributed by atoms with Crippen LogP contribution in [0, 0.1) is 0 Å². The predicted octanol–water partition coefficient (Wildman–Crippen LogP) is 2.03. The van der Waals surface area contributed by atoms with Crippen molar-refractivity contribution in [3.8, 4) is 0 Å². The fraction of sp³-hybridized carbons (Fsp3) is 0.500. The van der Waals surface area contributed by atoms with Gasteiger partial charge in [0, 0.05) is 37.6 Å². The first kappa shape index (κ1) is 14.4. The van der Waals surface area contributed by atoms with Crippen molar-refractivity contribution in [3.05, 3.63) is 46.3 Å². The summed E-state index contributed by atoms with van der Waals surface area (Å²) in [6, 6.07) is 10.0. The normalized spacial score (nSPS) is 16.6. The maximum atomic E-state index is 12.2. The second kappa shape index (κ2) is 7.53. The van der Waals surface area contributed by atoms with E-state index in [0.29, 0.717) is 26.2 Å². The van der Waals surface area contributed by atoms with Gasteiger partial charge in [0.1, 0.15) is 0 Å². The molecule has 1 aromatic rings. The molecule has 1 aliphatic rings. The molecular weight excluding hydrogens is 254 g/mol. The van der Waals surface area contributed by atoms with E-state index in [0.717, 1.165) is 25.1 Å². The van der Waals surface area contributed by atoms with Crippen LogP contribution in [-0.4, -0.2) is 48.4 Å². The zero-order valence-electron chi connectivity index (χ0n) is 11.5. The van der Waals surface area contributed by atoms with Gasteiger partial charge in [0.25, 0.3) is 0 Å². The molecule has 1 saturated heterocycles. The van der Waals surface area contributed by atoms with E-state index in [1.807, 2.05) is 35.2 Å². The van der Waals surface area contributed by atoms with Crippen molar-refractivity contribution in [3.63, 3.8) is 0 Å². The first-order valence-corrected chi connectivity index (χ1v) is 6.84. The van der Waals surface area contributed by atoms with Gasteiger partial charge in [0.05, 0.1) is 6.54 Å². The van der Waals surface area contributed by atoms with Crippen molar-refractivity contribution in [2.75, 3.05) is 32.7 Å². The summed E-state index contributed by atoms with van der Waals surface area (Å²) in [4.78, 5) is 18.9. The number of nitrogens with zero attached hydrogens (tertiary/aromatic N) is 5. The molecule has 106 valence electrons. The Balaban J connectivity index is 1.90. The second-order valence-corrected chi connectivity index (χ2v) is 4.89. The Hall–Kier alpha value is -2.04. The SMILES string of the molecule is [N-]=[N+]=NCCN1CCCN(Cc2ccccc2)C(=O)C1. The number of carbonyl (C=O) groups excluding carboxylic acids is 1. The van der Waals surface area contributed by atoms with Crippen molar-refractivity contribution in [1.82, 2.24) is 9.80 Å². The molecule has 6 heteroatoms. The topological polar surface area (TPSA) is 72.3 Å². The first-order chi connectivity index (χ1) is 9.79. The molecule has 0 radical (unpaired) electrons. The number of hydrogen-bond donors (Lipinski definition) is 0. The van der Waals surface area contributed by atoms with Gasteiger partial charge in [0.15, 0.2) is 0 Å². The Morgan fingerprint density at radius 2 is 2.05 bits per heavy atom. The molecule has 0 bridgehead atoms. The highest BCUT2D eigenvalue weighted by Crippen LogP contribution is 2.09. The zero-order chi connectivity index (χ0) is 14.2. The maximum absolute atomic E-state index is 12.2. The van der Waals surface area contributed by atoms with Crippen LogP contribution in [-0.2, 0) is 11.3 Å². The summed E-state index contributed by atoms with van der Waals surface area (Å²) in [7, 11) is 0. The molecule has 20 heavy (non-hydrogen) atoms. The van der Waals surface area contributed by atoms with E-state index in [4.69, 9.17) is 5.53 Å². The molecule has 0 aromatic heterocycles. The molecule has 1 fully saturated rings. The van der Waals surface area contributed by atoms with Crippen LogP contribution < -0.4 is 0 Å². The molecule has 1 heterocycles. The highest BCUT2D eigenvalue weighted by atomic mass is 16.2. The number of hydrogen-bond acceptors (Lipinski definition) is 3. The third kappa shape index (κ3) is 4.26. The summed E-state index contributed by atoms with van der Waals surface area (Å²) < 4.78 is 0. The standard InChI is InChI=1S/C14H19N5O/c15-17-16-7-10-18-8-4-9-19(14(20)12-18)11-13-5-2-1-3-6-13/h1-3,5-6H,4,7-12H2. The lowest BCUT2D eigenvalue weighted by Gasteiger charge is -2.21. The largest absolute Gasteiger partial charge is 0.337 e. The van der Waals surface area contributed by atoms with Gasteiger partial charge in [-0.15, -0.1) is 0 Å². The van der Waals surface area contributed by atoms with Crippen LogP contribution in [0.1, 0.15) is 12.0 Å². The molecule has 0 N–H and O–H groups in total. The fourth-order valence-corrected chi connectivity index (χ4v) is 2.37. The smallest absolute Gasteiger partial charge is 0.237 e. The molecule has 0 aliphatic carbocycles. The van der Waals surface area contributed by atoms with E-state index >= 15 is 0 Å². The van der Waals surface area contributed by atoms with Gasteiger partial charge in [-0.25, -0.2) is 0 Å². The van der Waals surface area contributed by atoms with Crippen LogP contribution in [0.25, 0.3) is 10.4 Å². The quantitative estimate of drug-likeness (QED) is 0.468. The number of carbonyl (C=O) groups is 1. The lowest BCUT2D eigenvalue weighted by Crippen LogP contribution is -2.37. The Labute approximate surface area is 118 Å². The van der Waals surface area contributed by atoms with E-state index in [9.17, 15) is 4.79 Å². The molecule has 0 spiro atoms. The fourth-order valence-electron chi connectivity index (χ4n) is 2.37. The van der Waals surface area contributed by atoms with Gasteiger partial charge in [-0.1, -0.05) is 35.4 Å². The van der Waals surface area contributed by atoms with Crippen molar-refractivity contribution < 1.29 is 4.79 Å². The number of amides is 1. The molecule has 0 saturated carbocycles. The van der Waals surface area contributed by atoms with Gasteiger partial charge in [0.2, 0.25) is 5.91 Å². The van der Waals surface area contributed by atoms with Crippen LogP contribution in [0.2, 0.25) is 0 Å². The highest BCUT2D eigenvalue weighted by Gasteiger charge is 2.21. The maximum Gasteiger partial charge on any atom is 0.237 e. The van der Waals surface area contributed by atoms with E-state index in [1.54, 1.807) is 0 Å². The molecule has 6 nitrogen and oxygen atoms in total. The van der Waals surface area contributed by atoms with E-state index < -0.39 is 0 Å². The third-order valence-corrected chi connectivity index (χ3v) is 3.41. The molecule has 1 amide bonds. The number of azide groups is 1. The van der Waals surface area contributed by atoms with Crippen molar-refractivity contribution >= 4 is 5.91 Å². The summed E-state index contributed by atoms with van der Waals surface area (Å²) >= 11 is 0. The van der Waals surface area contributed by atoms with E-state index in [1.165, 1.54) is 0 Å². The summed E-state index contributed by atoms with van der Waals surface area (Å²) in [5, 5.41) is 3.52. The van der Waals surface area contributed by atoms with Gasteiger partial charge >= 0.3 is 0 Å². The Morgan fingerprint density at radius 3 is 2.80 bits per heavy atom. The predicted molar refractivity (Wildman–Crippen MR) is 76.9 cm³/mol. The summed E-state index contributed by atoms with van der Waals surface area (Å²) in [6.07, 6.45) is 0.953. The molecular formula is C14H19N5O. The summed E-state index contributed by atoms with van der Waals surface area (Å²) in [5.74, 6) is 0.146. The van der Waals surface area contributed by atoms with Crippen LogP contribution in [0.3, 0.4) is 0 Å². The van der Waals surface area contributed by atoms with E-state index in [2.05, 4.69) is 14.9 Å². The van der Waals surface area contributed by atoms with Crippen LogP contribution in [0.5, 0.6) is 0 Å². The summed E-state index contributed by atoms with van der Waals surface area (Å²) in [6.45, 7) is 3.80. The average Bonchev–Trinajstić information content (AvgIpc) is 2.63. The molecule has 1 aromatic carbocycles. The first-order valence-electron chi connectivity index (χ1n) is 6.84. The number of benzene rings is 1. The third-order valence-electron chi connectivity index (χ3n) is 3.41. The molecule has 0 atom stereocenters. The molecule has 0 unspecified atom stereocenters. The van der Waals surface area contributed by atoms with Gasteiger partial charge in [-0.05, 0) is 17.5 Å². The molecule has 2 rings (SSSR count). The highest BCUT2D eigenvalue weighted by molar-refractivity contribution is 5.78.